The summed E-state index contributed by atoms with van der Waals surface area (Å²) in [6.07, 6.45) is 3.56. The molecule has 1 aliphatic heterocycles. The third kappa shape index (κ3) is 5.64. The van der Waals surface area contributed by atoms with Crippen LogP contribution in [0.25, 0.3) is 28.0 Å². The van der Waals surface area contributed by atoms with Crippen molar-refractivity contribution in [2.24, 2.45) is 0 Å². The number of rotatable bonds is 5. The molecule has 9 nitrogen and oxygen atoms in total. The number of hydrogen-bond acceptors (Lipinski definition) is 8. The predicted molar refractivity (Wildman–Crippen MR) is 143 cm³/mol. The normalized spacial score (nSPS) is 13.3. The second kappa shape index (κ2) is 12.7. The number of nitrogen functional groups attached to an aromatic ring is 1. The monoisotopic (exact) mass is 487 g/mol. The fraction of sp³-hybridized carbons (Fsp3) is 0.296. The van der Waals surface area contributed by atoms with Gasteiger partial charge in [-0.2, -0.15) is 9.61 Å². The van der Waals surface area contributed by atoms with E-state index in [1.54, 1.807) is 10.7 Å². The summed E-state index contributed by atoms with van der Waals surface area (Å²) < 4.78 is 1.55. The second-order valence-corrected chi connectivity index (χ2v) is 7.99. The van der Waals surface area contributed by atoms with Gasteiger partial charge in [0.2, 0.25) is 0 Å². The molecule has 1 aliphatic rings. The molecule has 3 aromatic heterocycles. The number of Topliss-reactive ketones (excluding diaryl/α,β-unsaturated/α-hetero) is 1. The Labute approximate surface area is 211 Å². The van der Waals surface area contributed by atoms with Crippen LogP contribution in [0.5, 0.6) is 0 Å². The first-order chi connectivity index (χ1) is 17.6. The first-order valence-electron chi connectivity index (χ1n) is 12.0. The topological polar surface area (TPSA) is 119 Å². The Balaban J connectivity index is 0.000000861. The minimum absolute atomic E-state index is 0.104. The van der Waals surface area contributed by atoms with E-state index in [1.807, 2.05) is 69.3 Å². The number of fused-ring (bicyclic) bond motifs is 1. The summed E-state index contributed by atoms with van der Waals surface area (Å²) in [4.78, 5) is 32.2. The maximum absolute atomic E-state index is 12.4. The molecular weight excluding hydrogens is 454 g/mol. The van der Waals surface area contributed by atoms with Gasteiger partial charge in [0.1, 0.15) is 12.6 Å². The molecule has 1 aromatic carbocycles. The van der Waals surface area contributed by atoms with Crippen LogP contribution in [-0.4, -0.2) is 63.2 Å². The van der Waals surface area contributed by atoms with E-state index < -0.39 is 0 Å². The number of ketones is 1. The molecule has 0 spiro atoms. The highest BCUT2D eigenvalue weighted by atomic mass is 16.1. The lowest BCUT2D eigenvalue weighted by Gasteiger charge is -2.27. The van der Waals surface area contributed by atoms with Gasteiger partial charge >= 0.3 is 0 Å². The lowest BCUT2D eigenvalue weighted by molar-refractivity contribution is -0.0980. The maximum Gasteiger partial charge on any atom is 0.165 e. The molecule has 1 saturated heterocycles. The van der Waals surface area contributed by atoms with E-state index in [0.29, 0.717) is 29.3 Å². The van der Waals surface area contributed by atoms with Crippen LogP contribution in [0.3, 0.4) is 0 Å². The number of anilines is 1. The molecule has 0 amide bonds. The van der Waals surface area contributed by atoms with Gasteiger partial charge in [-0.05, 0) is 13.0 Å². The quantitative estimate of drug-likeness (QED) is 0.411. The van der Waals surface area contributed by atoms with Crippen LogP contribution in [0.4, 0.5) is 5.82 Å². The summed E-state index contributed by atoms with van der Waals surface area (Å²) in [5, 5.41) is 7.78. The Kier molecular flexibility index (Phi) is 9.38. The molecule has 0 atom stereocenters. The number of nitrogens with one attached hydrogen (secondary N) is 1. The second-order valence-electron chi connectivity index (χ2n) is 7.99. The SMILES string of the molecule is C=O.CC.CC(=O)c1c(CN2CCNCC2)nc2c(-c3ccc(-c4ccccc4)nc3)cnn2c1N. The first kappa shape index (κ1) is 26.7. The Morgan fingerprint density at radius 3 is 2.33 bits per heavy atom. The minimum Gasteiger partial charge on any atom is -0.383 e. The molecule has 3 N–H and O–H groups in total. The van der Waals surface area contributed by atoms with Crippen LogP contribution in [0.15, 0.2) is 54.9 Å². The zero-order chi connectivity index (χ0) is 26.1. The number of pyridine rings is 1. The third-order valence-electron chi connectivity index (χ3n) is 5.84. The summed E-state index contributed by atoms with van der Waals surface area (Å²) in [6.45, 7) is 11.8. The largest absolute Gasteiger partial charge is 0.383 e. The Bertz CT molecular complexity index is 1280. The molecule has 188 valence electrons. The molecule has 36 heavy (non-hydrogen) atoms. The van der Waals surface area contributed by atoms with E-state index in [1.165, 1.54) is 6.92 Å². The molecule has 0 radical (unpaired) electrons. The number of hydrogen-bond donors (Lipinski definition) is 2. The number of nitrogens with two attached hydrogens (primary N) is 1. The Morgan fingerprint density at radius 1 is 1.03 bits per heavy atom. The number of nitrogens with zero attached hydrogens (tertiary/aromatic N) is 5. The van der Waals surface area contributed by atoms with Crippen molar-refractivity contribution in [3.05, 3.63) is 66.1 Å². The van der Waals surface area contributed by atoms with Crippen molar-refractivity contribution in [1.82, 2.24) is 29.8 Å². The van der Waals surface area contributed by atoms with Crippen LogP contribution in [-0.2, 0) is 11.3 Å². The van der Waals surface area contributed by atoms with Gasteiger partial charge in [0.15, 0.2) is 11.4 Å². The molecule has 4 aromatic rings. The van der Waals surface area contributed by atoms with Gasteiger partial charge in [-0.15, -0.1) is 0 Å². The van der Waals surface area contributed by atoms with E-state index in [9.17, 15) is 4.79 Å². The van der Waals surface area contributed by atoms with Crippen LogP contribution in [0.2, 0.25) is 0 Å². The summed E-state index contributed by atoms with van der Waals surface area (Å²) in [6, 6.07) is 14.0. The number of carbonyl (C=O) groups excluding carboxylic acids is 2. The molecule has 5 rings (SSSR count). The fourth-order valence-corrected chi connectivity index (χ4v) is 4.18. The van der Waals surface area contributed by atoms with Crippen molar-refractivity contribution in [2.45, 2.75) is 27.3 Å². The fourth-order valence-electron chi connectivity index (χ4n) is 4.18. The first-order valence-corrected chi connectivity index (χ1v) is 12.0. The number of benzene rings is 1. The Morgan fingerprint density at radius 2 is 1.72 bits per heavy atom. The molecule has 0 unspecified atom stereocenters. The van der Waals surface area contributed by atoms with Crippen LogP contribution in [0, 0.1) is 0 Å². The summed E-state index contributed by atoms with van der Waals surface area (Å²) in [5.41, 5.74) is 11.9. The van der Waals surface area contributed by atoms with Crippen LogP contribution in [0.1, 0.15) is 36.8 Å². The lowest BCUT2D eigenvalue weighted by Crippen LogP contribution is -2.43. The van der Waals surface area contributed by atoms with Gasteiger partial charge in [0.25, 0.3) is 0 Å². The standard InChI is InChI=1S/C24H25N7O.C2H6.CH2O/c1-16(32)22-21(15-30-11-9-26-10-12-30)29-24-19(14-28-31(24)23(22)25)18-7-8-20(27-13-18)17-5-3-2-4-6-17;2*1-2/h2-8,13-14,26H,9-12,15,25H2,1H3;1-2H3;1H2. The molecule has 1 fully saturated rings. The molecule has 0 bridgehead atoms. The molecular formula is C27H33N7O2. The summed E-state index contributed by atoms with van der Waals surface area (Å²) >= 11 is 0. The van der Waals surface area contributed by atoms with Gasteiger partial charge in [-0.3, -0.25) is 14.7 Å². The van der Waals surface area contributed by atoms with Crippen molar-refractivity contribution in [3.8, 4) is 22.4 Å². The van der Waals surface area contributed by atoms with Crippen LogP contribution >= 0.6 is 0 Å². The highest BCUT2D eigenvalue weighted by Gasteiger charge is 2.22. The lowest BCUT2D eigenvalue weighted by atomic mass is 10.1. The molecule has 0 aliphatic carbocycles. The number of carbonyl (C=O) groups is 2. The van der Waals surface area contributed by atoms with E-state index in [4.69, 9.17) is 15.5 Å². The summed E-state index contributed by atoms with van der Waals surface area (Å²) in [7, 11) is 0. The molecule has 9 heteroatoms. The zero-order valence-electron chi connectivity index (χ0n) is 21.1. The smallest absolute Gasteiger partial charge is 0.165 e. The van der Waals surface area contributed by atoms with E-state index in [-0.39, 0.29) is 5.78 Å². The van der Waals surface area contributed by atoms with Crippen molar-refractivity contribution in [3.63, 3.8) is 0 Å². The van der Waals surface area contributed by atoms with Crippen molar-refractivity contribution in [2.75, 3.05) is 31.9 Å². The van der Waals surface area contributed by atoms with E-state index in [2.05, 4.69) is 20.3 Å². The number of piperazine rings is 1. The van der Waals surface area contributed by atoms with Crippen LogP contribution < -0.4 is 11.1 Å². The molecule has 0 saturated carbocycles. The minimum atomic E-state index is -0.104. The average Bonchev–Trinajstić information content (AvgIpc) is 3.36. The van der Waals surface area contributed by atoms with Gasteiger partial charge < -0.3 is 15.8 Å². The zero-order valence-corrected chi connectivity index (χ0v) is 21.1. The van der Waals surface area contributed by atoms with E-state index >= 15 is 0 Å². The highest BCUT2D eigenvalue weighted by Crippen LogP contribution is 2.29. The maximum atomic E-state index is 12.4. The van der Waals surface area contributed by atoms with E-state index in [0.717, 1.165) is 48.6 Å². The van der Waals surface area contributed by atoms with Crippen molar-refractivity contribution >= 4 is 24.0 Å². The number of aromatic nitrogens is 4. The average molecular weight is 488 g/mol. The third-order valence-corrected chi connectivity index (χ3v) is 5.84. The highest BCUT2D eigenvalue weighted by molar-refractivity contribution is 6.00. The molecule has 4 heterocycles. The van der Waals surface area contributed by atoms with Crippen molar-refractivity contribution < 1.29 is 9.59 Å². The van der Waals surface area contributed by atoms with Gasteiger partial charge in [0.05, 0.1) is 23.1 Å². The van der Waals surface area contributed by atoms with Crippen molar-refractivity contribution in [1.29, 1.82) is 0 Å². The predicted octanol–water partition coefficient (Wildman–Crippen LogP) is 3.49. The van der Waals surface area contributed by atoms with Gasteiger partial charge in [0, 0.05) is 55.6 Å². The van der Waals surface area contributed by atoms with Gasteiger partial charge in [-0.25, -0.2) is 4.98 Å². The Hall–Kier alpha value is -3.95. The van der Waals surface area contributed by atoms with Gasteiger partial charge in [-0.1, -0.05) is 50.2 Å². The summed E-state index contributed by atoms with van der Waals surface area (Å²) in [5.74, 6) is 0.223.